The van der Waals surface area contributed by atoms with Crippen molar-refractivity contribution in [3.05, 3.63) is 254 Å². The number of hydrogen-bond acceptors (Lipinski definition) is 2. The van der Waals surface area contributed by atoms with Crippen LogP contribution in [0.4, 0.5) is 34.1 Å². The molecule has 0 radical (unpaired) electrons. The number of nitrogens with zero attached hydrogens (tertiary/aromatic N) is 2. The first-order chi connectivity index (χ1) is 31.0. The number of fused-ring (bicyclic) bond motifs is 4. The molecule has 2 nitrogen and oxygen atoms in total. The van der Waals surface area contributed by atoms with Crippen LogP contribution in [0, 0.1) is 0 Å². The lowest BCUT2D eigenvalue weighted by atomic mass is 9.82. The Kier molecular flexibility index (Phi) is 9.55. The zero-order valence-corrected chi connectivity index (χ0v) is 35.5. The molecule has 10 aromatic carbocycles. The van der Waals surface area contributed by atoms with Crippen molar-refractivity contribution in [3.8, 4) is 44.5 Å². The Balaban J connectivity index is 1.01. The van der Waals surface area contributed by atoms with Crippen LogP contribution in [0.25, 0.3) is 55.3 Å². The first kappa shape index (κ1) is 38.0. The minimum Gasteiger partial charge on any atom is -0.310 e. The van der Waals surface area contributed by atoms with Gasteiger partial charge >= 0.3 is 0 Å². The van der Waals surface area contributed by atoms with Gasteiger partial charge in [0, 0.05) is 39.4 Å². The highest BCUT2D eigenvalue weighted by molar-refractivity contribution is 6.05. The molecule has 63 heavy (non-hydrogen) atoms. The second kappa shape index (κ2) is 15.8. The van der Waals surface area contributed by atoms with Crippen LogP contribution in [0.2, 0.25) is 0 Å². The molecule has 2 heteroatoms. The van der Waals surface area contributed by atoms with E-state index in [2.05, 4.69) is 266 Å². The highest BCUT2D eigenvalue weighted by atomic mass is 15.1. The number of para-hydroxylation sites is 1. The van der Waals surface area contributed by atoms with Gasteiger partial charge in [0.2, 0.25) is 0 Å². The van der Waals surface area contributed by atoms with Crippen LogP contribution >= 0.6 is 0 Å². The Hall–Kier alpha value is -7.94. The molecule has 1 aliphatic rings. The molecule has 0 spiro atoms. The second-order valence-corrected chi connectivity index (χ2v) is 17.0. The average Bonchev–Trinajstić information content (AvgIpc) is 3.58. The summed E-state index contributed by atoms with van der Waals surface area (Å²) >= 11 is 0. The third-order valence-electron chi connectivity index (χ3n) is 12.8. The van der Waals surface area contributed by atoms with E-state index in [1.807, 2.05) is 0 Å². The summed E-state index contributed by atoms with van der Waals surface area (Å²) in [5.74, 6) is 0. The molecule has 1 aliphatic carbocycles. The molecule has 0 saturated heterocycles. The van der Waals surface area contributed by atoms with Crippen LogP contribution in [0.5, 0.6) is 0 Å². The SMILES string of the molecule is CC1(C)c2ccccc2-c2ccc(N(c3ccccc3)c3cccc(-c4ccc(N(c5ccc(-c6ccccc6)cc5)c5ccc6ccccc6c5-c5ccccc5)cc4)c3)cc21. The summed E-state index contributed by atoms with van der Waals surface area (Å²) in [7, 11) is 0. The van der Waals surface area contributed by atoms with Crippen molar-refractivity contribution < 1.29 is 0 Å². The molecule has 0 aromatic heterocycles. The van der Waals surface area contributed by atoms with Gasteiger partial charge in [0.05, 0.1) is 5.69 Å². The number of rotatable bonds is 9. The molecular weight excluding hydrogens is 761 g/mol. The van der Waals surface area contributed by atoms with E-state index in [4.69, 9.17) is 0 Å². The van der Waals surface area contributed by atoms with Crippen molar-refractivity contribution in [1.29, 1.82) is 0 Å². The van der Waals surface area contributed by atoms with Gasteiger partial charge in [0.15, 0.2) is 0 Å². The fraction of sp³-hybridized carbons (Fsp3) is 0.0492. The van der Waals surface area contributed by atoms with Crippen molar-refractivity contribution in [1.82, 2.24) is 0 Å². The molecule has 300 valence electrons. The summed E-state index contributed by atoms with van der Waals surface area (Å²) < 4.78 is 0. The van der Waals surface area contributed by atoms with Crippen molar-refractivity contribution >= 4 is 44.9 Å². The van der Waals surface area contributed by atoms with E-state index in [9.17, 15) is 0 Å². The molecule has 0 N–H and O–H groups in total. The monoisotopic (exact) mass is 806 g/mol. The van der Waals surface area contributed by atoms with Gasteiger partial charge < -0.3 is 9.80 Å². The summed E-state index contributed by atoms with van der Waals surface area (Å²) in [6, 6.07) is 88.2. The fourth-order valence-electron chi connectivity index (χ4n) is 9.70. The lowest BCUT2D eigenvalue weighted by Gasteiger charge is -2.29. The Morgan fingerprint density at radius 1 is 0.302 bits per heavy atom. The van der Waals surface area contributed by atoms with Crippen molar-refractivity contribution in [2.45, 2.75) is 19.3 Å². The zero-order valence-electron chi connectivity index (χ0n) is 35.5. The van der Waals surface area contributed by atoms with Gasteiger partial charge in [0.25, 0.3) is 0 Å². The van der Waals surface area contributed by atoms with Gasteiger partial charge in [-0.25, -0.2) is 0 Å². The van der Waals surface area contributed by atoms with Crippen LogP contribution in [-0.4, -0.2) is 0 Å². The van der Waals surface area contributed by atoms with Crippen LogP contribution in [0.3, 0.4) is 0 Å². The lowest BCUT2D eigenvalue weighted by molar-refractivity contribution is 0.660. The summed E-state index contributed by atoms with van der Waals surface area (Å²) in [4.78, 5) is 4.80. The van der Waals surface area contributed by atoms with Crippen LogP contribution in [-0.2, 0) is 5.41 Å². The average molecular weight is 807 g/mol. The van der Waals surface area contributed by atoms with E-state index < -0.39 is 0 Å². The predicted octanol–water partition coefficient (Wildman–Crippen LogP) is 17.1. The summed E-state index contributed by atoms with van der Waals surface area (Å²) in [5.41, 5.74) is 19.1. The minimum atomic E-state index is -0.0968. The van der Waals surface area contributed by atoms with Gasteiger partial charge in [-0.1, -0.05) is 190 Å². The number of hydrogen-bond donors (Lipinski definition) is 0. The van der Waals surface area contributed by atoms with Crippen LogP contribution < -0.4 is 9.80 Å². The maximum absolute atomic E-state index is 2.41. The fourth-order valence-corrected chi connectivity index (χ4v) is 9.70. The third-order valence-corrected chi connectivity index (χ3v) is 12.8. The summed E-state index contributed by atoms with van der Waals surface area (Å²) in [6.07, 6.45) is 0. The van der Waals surface area contributed by atoms with Gasteiger partial charge in [-0.3, -0.25) is 0 Å². The molecule has 10 aromatic rings. The minimum absolute atomic E-state index is 0.0968. The highest BCUT2D eigenvalue weighted by Crippen LogP contribution is 2.51. The maximum atomic E-state index is 2.41. The van der Waals surface area contributed by atoms with Crippen LogP contribution in [0.15, 0.2) is 243 Å². The molecule has 0 heterocycles. The normalized spacial score (nSPS) is 12.4. The largest absolute Gasteiger partial charge is 0.310 e. The Bertz CT molecular complexity index is 3230. The number of benzene rings is 10. The Morgan fingerprint density at radius 3 is 1.51 bits per heavy atom. The van der Waals surface area contributed by atoms with Crippen molar-refractivity contribution in [2.24, 2.45) is 0 Å². The van der Waals surface area contributed by atoms with Crippen LogP contribution in [0.1, 0.15) is 25.0 Å². The molecule has 0 bridgehead atoms. The van der Waals surface area contributed by atoms with Crippen molar-refractivity contribution in [3.63, 3.8) is 0 Å². The topological polar surface area (TPSA) is 6.48 Å². The zero-order chi connectivity index (χ0) is 42.3. The standard InChI is InChI=1S/C61H46N2/c1-61(2)57-28-15-14-27-55(57)56-39-38-53(42-58(56)61)62(49-23-10-5-11-24-49)52-25-16-22-48(41-52)45-31-36-51(37-32-45)63(50-34-29-44(30-35-50)43-17-6-3-7-18-43)59-40-33-46-19-12-13-26-54(46)60(59)47-20-8-4-9-21-47/h3-42H,1-2H3. The van der Waals surface area contributed by atoms with E-state index in [1.54, 1.807) is 0 Å². The van der Waals surface area contributed by atoms with E-state index in [0.717, 1.165) is 45.3 Å². The van der Waals surface area contributed by atoms with E-state index in [0.29, 0.717) is 0 Å². The number of anilines is 6. The summed E-state index contributed by atoms with van der Waals surface area (Å²) in [5, 5.41) is 2.44. The second-order valence-electron chi connectivity index (χ2n) is 17.0. The highest BCUT2D eigenvalue weighted by Gasteiger charge is 2.35. The van der Waals surface area contributed by atoms with Crippen molar-refractivity contribution in [2.75, 3.05) is 9.80 Å². The predicted molar refractivity (Wildman–Crippen MR) is 267 cm³/mol. The molecule has 0 unspecified atom stereocenters. The van der Waals surface area contributed by atoms with Gasteiger partial charge in [-0.15, -0.1) is 0 Å². The smallest absolute Gasteiger partial charge is 0.0546 e. The molecular formula is C61H46N2. The van der Waals surface area contributed by atoms with E-state index in [-0.39, 0.29) is 5.41 Å². The van der Waals surface area contributed by atoms with Gasteiger partial charge in [-0.05, 0) is 128 Å². The van der Waals surface area contributed by atoms with Gasteiger partial charge in [-0.2, -0.15) is 0 Å². The molecule has 0 fully saturated rings. The van der Waals surface area contributed by atoms with Gasteiger partial charge in [0.1, 0.15) is 0 Å². The quantitative estimate of drug-likeness (QED) is 0.143. The molecule has 0 amide bonds. The lowest BCUT2D eigenvalue weighted by Crippen LogP contribution is -2.16. The molecule has 0 atom stereocenters. The maximum Gasteiger partial charge on any atom is 0.0546 e. The van der Waals surface area contributed by atoms with E-state index in [1.165, 1.54) is 55.3 Å². The molecule has 0 saturated carbocycles. The Morgan fingerprint density at radius 2 is 0.794 bits per heavy atom. The third kappa shape index (κ3) is 6.87. The molecule has 11 rings (SSSR count). The Labute approximate surface area is 370 Å². The van der Waals surface area contributed by atoms with E-state index >= 15 is 0 Å². The first-order valence-corrected chi connectivity index (χ1v) is 21.8. The molecule has 0 aliphatic heterocycles. The first-order valence-electron chi connectivity index (χ1n) is 21.8. The summed E-state index contributed by atoms with van der Waals surface area (Å²) in [6.45, 7) is 4.70.